The van der Waals surface area contributed by atoms with Gasteiger partial charge in [0, 0.05) is 28.6 Å². The highest BCUT2D eigenvalue weighted by Gasteiger charge is 2.15. The Hall–Kier alpha value is -6.71. The molecule has 0 aliphatic carbocycles. The monoisotopic (exact) mass is 640 g/mol. The first-order valence-electron chi connectivity index (χ1n) is 16.9. The molecule has 0 aliphatic rings. The Morgan fingerprint density at radius 1 is 0.340 bits per heavy atom. The summed E-state index contributed by atoms with van der Waals surface area (Å²) < 4.78 is 6.02. The number of benzene rings is 7. The quantitative estimate of drug-likeness (QED) is 0.174. The molecule has 0 radical (unpaired) electrons. The summed E-state index contributed by atoms with van der Waals surface area (Å²) >= 11 is 0. The second-order valence-electron chi connectivity index (χ2n) is 12.5. The second kappa shape index (κ2) is 12.7. The van der Waals surface area contributed by atoms with E-state index in [9.17, 15) is 0 Å². The molecule has 0 unspecified atom stereocenters. The van der Waals surface area contributed by atoms with E-state index in [4.69, 9.17) is 4.42 Å². The predicted octanol–water partition coefficient (Wildman–Crippen LogP) is 13.1. The van der Waals surface area contributed by atoms with Crippen LogP contribution in [0, 0.1) is 0 Å². The van der Waals surface area contributed by atoms with Gasteiger partial charge in [0.15, 0.2) is 5.58 Å². The number of aromatic nitrogens is 1. The van der Waals surface area contributed by atoms with Gasteiger partial charge in [-0.25, -0.2) is 0 Å². The molecule has 0 aliphatic heterocycles. The number of hydrogen-bond acceptors (Lipinski definition) is 3. The number of nitrogens with zero attached hydrogens (tertiary/aromatic N) is 2. The van der Waals surface area contributed by atoms with Crippen molar-refractivity contribution in [2.24, 2.45) is 0 Å². The number of hydrogen-bond donors (Lipinski definition) is 0. The first kappa shape index (κ1) is 29.4. The Labute approximate surface area is 291 Å². The molecule has 0 atom stereocenters. The molecule has 3 heteroatoms. The van der Waals surface area contributed by atoms with Crippen LogP contribution in [0.2, 0.25) is 0 Å². The van der Waals surface area contributed by atoms with Gasteiger partial charge in [0.25, 0.3) is 0 Å². The maximum Gasteiger partial charge on any atom is 0.153 e. The minimum atomic E-state index is 0.807. The Bertz CT molecular complexity index is 2470. The molecule has 0 spiro atoms. The topological polar surface area (TPSA) is 29.3 Å². The van der Waals surface area contributed by atoms with Crippen molar-refractivity contribution in [3.8, 4) is 44.5 Å². The van der Waals surface area contributed by atoms with Crippen molar-refractivity contribution in [3.05, 3.63) is 194 Å². The molecule has 0 saturated heterocycles. The zero-order valence-corrected chi connectivity index (χ0v) is 27.3. The van der Waals surface area contributed by atoms with Crippen LogP contribution in [0.1, 0.15) is 0 Å². The van der Waals surface area contributed by atoms with Gasteiger partial charge in [0.1, 0.15) is 11.1 Å². The van der Waals surface area contributed by atoms with E-state index in [1.54, 1.807) is 0 Å². The lowest BCUT2D eigenvalue weighted by Crippen LogP contribution is -2.09. The number of furan rings is 1. The van der Waals surface area contributed by atoms with Crippen LogP contribution in [-0.2, 0) is 0 Å². The highest BCUT2D eigenvalue weighted by atomic mass is 16.3. The zero-order chi connectivity index (χ0) is 33.3. The SMILES string of the molecule is c1ccc(-c2ccc(N(c3ccc(-c4ccccc4)cc3)c3ccc(-c4cccc(-c5ccc6oc7cccnc7c6c5)c4)cc3)cc2)cc1. The molecule has 0 amide bonds. The highest BCUT2D eigenvalue weighted by molar-refractivity contribution is 6.04. The zero-order valence-electron chi connectivity index (χ0n) is 27.3. The summed E-state index contributed by atoms with van der Waals surface area (Å²) in [4.78, 5) is 6.90. The third-order valence-electron chi connectivity index (χ3n) is 9.35. The number of anilines is 3. The van der Waals surface area contributed by atoms with Crippen molar-refractivity contribution >= 4 is 39.1 Å². The number of rotatable bonds is 7. The smallest absolute Gasteiger partial charge is 0.153 e. The molecule has 3 nitrogen and oxygen atoms in total. The van der Waals surface area contributed by atoms with E-state index >= 15 is 0 Å². The van der Waals surface area contributed by atoms with Gasteiger partial charge in [-0.3, -0.25) is 4.98 Å². The van der Waals surface area contributed by atoms with E-state index in [-0.39, 0.29) is 0 Å². The fourth-order valence-electron chi connectivity index (χ4n) is 6.77. The Balaban J connectivity index is 1.06. The Kier molecular flexibility index (Phi) is 7.49. The van der Waals surface area contributed by atoms with Crippen molar-refractivity contribution in [3.63, 3.8) is 0 Å². The lowest BCUT2D eigenvalue weighted by molar-refractivity contribution is 0.668. The van der Waals surface area contributed by atoms with Crippen molar-refractivity contribution in [2.45, 2.75) is 0 Å². The minimum Gasteiger partial charge on any atom is -0.454 e. The first-order chi connectivity index (χ1) is 24.8. The molecule has 2 aromatic heterocycles. The van der Waals surface area contributed by atoms with Crippen LogP contribution in [0.5, 0.6) is 0 Å². The standard InChI is InChI=1S/C47H32N2O/c1-3-9-33(10-4-1)35-16-23-41(24-17-35)49(42-25-18-36(19-26-42)34-11-5-2-6-12-34)43-27-20-37(21-28-43)38-13-7-14-39(31-38)40-22-29-45-44(32-40)47-46(50-45)15-8-30-48-47/h1-32H. The fraction of sp³-hybridized carbons (Fsp3) is 0. The molecule has 0 N–H and O–H groups in total. The van der Waals surface area contributed by atoms with Gasteiger partial charge in [-0.2, -0.15) is 0 Å². The molecule has 50 heavy (non-hydrogen) atoms. The molecule has 0 saturated carbocycles. The predicted molar refractivity (Wildman–Crippen MR) is 208 cm³/mol. The molecule has 236 valence electrons. The molecule has 0 fully saturated rings. The van der Waals surface area contributed by atoms with E-state index in [0.29, 0.717) is 0 Å². The molecular formula is C47H32N2O. The van der Waals surface area contributed by atoms with Gasteiger partial charge in [-0.15, -0.1) is 0 Å². The number of fused-ring (bicyclic) bond motifs is 3. The van der Waals surface area contributed by atoms with Gasteiger partial charge in [0.05, 0.1) is 0 Å². The summed E-state index contributed by atoms with van der Waals surface area (Å²) in [6.07, 6.45) is 1.81. The van der Waals surface area contributed by atoms with Crippen LogP contribution in [-0.4, -0.2) is 4.98 Å². The summed E-state index contributed by atoms with van der Waals surface area (Å²) in [6, 6.07) is 66.5. The van der Waals surface area contributed by atoms with Crippen LogP contribution in [0.15, 0.2) is 199 Å². The van der Waals surface area contributed by atoms with Crippen LogP contribution < -0.4 is 4.90 Å². The summed E-state index contributed by atoms with van der Waals surface area (Å²) in [6.45, 7) is 0. The maximum absolute atomic E-state index is 6.02. The third kappa shape index (κ3) is 5.61. The van der Waals surface area contributed by atoms with Gasteiger partial charge in [0.2, 0.25) is 0 Å². The Morgan fingerprint density at radius 3 is 1.34 bits per heavy atom. The average molecular weight is 641 g/mol. The van der Waals surface area contributed by atoms with Gasteiger partial charge in [-0.05, 0) is 111 Å². The highest BCUT2D eigenvalue weighted by Crippen LogP contribution is 2.38. The summed E-state index contributed by atoms with van der Waals surface area (Å²) in [5.74, 6) is 0. The van der Waals surface area contributed by atoms with Crippen molar-refractivity contribution in [1.82, 2.24) is 4.98 Å². The lowest BCUT2D eigenvalue weighted by Gasteiger charge is -2.26. The van der Waals surface area contributed by atoms with Gasteiger partial charge >= 0.3 is 0 Å². The normalized spacial score (nSPS) is 11.2. The molecule has 7 aromatic carbocycles. The van der Waals surface area contributed by atoms with Gasteiger partial charge in [-0.1, -0.05) is 121 Å². The number of pyridine rings is 1. The van der Waals surface area contributed by atoms with Crippen molar-refractivity contribution < 1.29 is 4.42 Å². The molecule has 9 aromatic rings. The van der Waals surface area contributed by atoms with Gasteiger partial charge < -0.3 is 9.32 Å². The van der Waals surface area contributed by atoms with Crippen LogP contribution in [0.25, 0.3) is 66.6 Å². The van der Waals surface area contributed by atoms with Crippen molar-refractivity contribution in [2.75, 3.05) is 4.90 Å². The van der Waals surface area contributed by atoms with E-state index in [1.807, 2.05) is 24.4 Å². The first-order valence-corrected chi connectivity index (χ1v) is 16.9. The van der Waals surface area contributed by atoms with Crippen LogP contribution >= 0.6 is 0 Å². The molecule has 0 bridgehead atoms. The largest absolute Gasteiger partial charge is 0.454 e. The van der Waals surface area contributed by atoms with E-state index in [2.05, 4.69) is 180 Å². The van der Waals surface area contributed by atoms with E-state index in [1.165, 1.54) is 22.3 Å². The average Bonchev–Trinajstić information content (AvgIpc) is 3.58. The fourth-order valence-corrected chi connectivity index (χ4v) is 6.77. The van der Waals surface area contributed by atoms with E-state index in [0.717, 1.165) is 61.4 Å². The minimum absolute atomic E-state index is 0.807. The second-order valence-corrected chi connectivity index (χ2v) is 12.5. The van der Waals surface area contributed by atoms with Crippen LogP contribution in [0.3, 0.4) is 0 Å². The molecule has 2 heterocycles. The van der Waals surface area contributed by atoms with Crippen LogP contribution in [0.4, 0.5) is 17.1 Å². The Morgan fingerprint density at radius 2 is 0.780 bits per heavy atom. The summed E-state index contributed by atoms with van der Waals surface area (Å²) in [7, 11) is 0. The van der Waals surface area contributed by atoms with E-state index < -0.39 is 0 Å². The molecule has 9 rings (SSSR count). The lowest BCUT2D eigenvalue weighted by atomic mass is 9.98. The molecular weight excluding hydrogens is 609 g/mol. The third-order valence-corrected chi connectivity index (χ3v) is 9.35. The van der Waals surface area contributed by atoms with Crippen molar-refractivity contribution in [1.29, 1.82) is 0 Å². The summed E-state index contributed by atoms with van der Waals surface area (Å²) in [5, 5.41) is 1.03. The summed E-state index contributed by atoms with van der Waals surface area (Å²) in [5.41, 5.74) is 15.3. The maximum atomic E-state index is 6.02.